The van der Waals surface area contributed by atoms with E-state index >= 15 is 0 Å². The molecule has 1 aromatic heterocycles. The first-order valence-corrected chi connectivity index (χ1v) is 13.3. The largest absolute Gasteiger partial charge is 0.399 e. The molecule has 0 bridgehead atoms. The molecule has 7 nitrogen and oxygen atoms in total. The Bertz CT molecular complexity index is 1330. The lowest BCUT2D eigenvalue weighted by Gasteiger charge is -2.33. The van der Waals surface area contributed by atoms with Crippen molar-refractivity contribution in [1.82, 2.24) is 14.7 Å². The van der Waals surface area contributed by atoms with Gasteiger partial charge in [0.1, 0.15) is 5.82 Å². The van der Waals surface area contributed by atoms with Gasteiger partial charge in [0.25, 0.3) is 5.91 Å². The lowest BCUT2D eigenvalue weighted by molar-refractivity contribution is 0.0841. The van der Waals surface area contributed by atoms with E-state index in [0.717, 1.165) is 54.9 Å². The van der Waals surface area contributed by atoms with Crippen LogP contribution in [0.4, 0.5) is 20.3 Å². The summed E-state index contributed by atoms with van der Waals surface area (Å²) in [6, 6.07) is 10.3. The van der Waals surface area contributed by atoms with Crippen LogP contribution >= 0.6 is 0 Å². The van der Waals surface area contributed by atoms with Gasteiger partial charge in [-0.3, -0.25) is 19.2 Å². The van der Waals surface area contributed by atoms with Crippen LogP contribution in [0, 0.1) is 17.6 Å². The molecular formula is C29H33F2N5O2. The Morgan fingerprint density at radius 2 is 1.68 bits per heavy atom. The molecule has 0 atom stereocenters. The van der Waals surface area contributed by atoms with Crippen molar-refractivity contribution in [3.63, 3.8) is 0 Å². The number of likely N-dealkylation sites (tertiary alicyclic amines) is 1. The number of nitrogens with zero attached hydrogens (tertiary/aromatic N) is 4. The third-order valence-corrected chi connectivity index (χ3v) is 7.75. The highest BCUT2D eigenvalue weighted by Crippen LogP contribution is 2.31. The van der Waals surface area contributed by atoms with Gasteiger partial charge in [0.2, 0.25) is 0 Å². The molecule has 1 saturated heterocycles. The summed E-state index contributed by atoms with van der Waals surface area (Å²) >= 11 is 0. The summed E-state index contributed by atoms with van der Waals surface area (Å²) < 4.78 is 28.7. The van der Waals surface area contributed by atoms with Crippen LogP contribution in [0.25, 0.3) is 0 Å². The molecule has 2 aliphatic rings. The van der Waals surface area contributed by atoms with Crippen LogP contribution in [0.1, 0.15) is 57.7 Å². The summed E-state index contributed by atoms with van der Waals surface area (Å²) in [6.07, 6.45) is 5.27. The number of hydrogen-bond acceptors (Lipinski definition) is 5. The standard InChI is InChI=1S/C29H33F2N5O2/c1-34-28(23-4-2-3-5-26(23)33-34)36(29(38)20-6-9-22(32)10-7-20)17-16-35-14-12-19(13-15-35)27(37)21-8-11-24(30)25(31)18-21/h6-11,18-19H,2-5,12-17,32H2,1H3. The second-order valence-corrected chi connectivity index (χ2v) is 10.3. The lowest BCUT2D eigenvalue weighted by atomic mass is 9.89. The first-order valence-electron chi connectivity index (χ1n) is 13.3. The number of aryl methyl sites for hydroxylation is 2. The number of carbonyl (C=O) groups excluding carboxylic acids is 2. The summed E-state index contributed by atoms with van der Waals surface area (Å²) in [5.41, 5.74) is 9.45. The molecule has 1 amide bonds. The van der Waals surface area contributed by atoms with Crippen molar-refractivity contribution in [2.45, 2.75) is 38.5 Å². The summed E-state index contributed by atoms with van der Waals surface area (Å²) in [4.78, 5) is 30.7. The van der Waals surface area contributed by atoms with Gasteiger partial charge in [-0.1, -0.05) is 0 Å². The Morgan fingerprint density at radius 3 is 2.39 bits per heavy atom. The maximum absolute atomic E-state index is 13.7. The minimum atomic E-state index is -1.00. The number of nitrogens with two attached hydrogens (primary N) is 1. The Morgan fingerprint density at radius 1 is 1.00 bits per heavy atom. The molecule has 1 fully saturated rings. The van der Waals surface area contributed by atoms with Crippen LogP contribution in [0.5, 0.6) is 0 Å². The number of fused-ring (bicyclic) bond motifs is 1. The highest BCUT2D eigenvalue weighted by Gasteiger charge is 2.30. The molecule has 200 valence electrons. The summed E-state index contributed by atoms with van der Waals surface area (Å²) in [5, 5.41) is 4.73. The van der Waals surface area contributed by atoms with Gasteiger partial charge in [-0.2, -0.15) is 5.10 Å². The van der Waals surface area contributed by atoms with Crippen molar-refractivity contribution in [1.29, 1.82) is 0 Å². The van der Waals surface area contributed by atoms with E-state index in [1.54, 1.807) is 24.3 Å². The van der Waals surface area contributed by atoms with E-state index in [1.807, 2.05) is 16.6 Å². The van der Waals surface area contributed by atoms with Crippen molar-refractivity contribution < 1.29 is 18.4 Å². The fourth-order valence-corrected chi connectivity index (χ4v) is 5.63. The van der Waals surface area contributed by atoms with E-state index in [4.69, 9.17) is 10.8 Å². The Labute approximate surface area is 221 Å². The fraction of sp³-hybridized carbons (Fsp3) is 0.414. The molecule has 0 radical (unpaired) electrons. The summed E-state index contributed by atoms with van der Waals surface area (Å²) in [7, 11) is 1.90. The number of hydrogen-bond donors (Lipinski definition) is 1. The van der Waals surface area contributed by atoms with E-state index in [0.29, 0.717) is 50.3 Å². The minimum Gasteiger partial charge on any atom is -0.399 e. The molecule has 9 heteroatoms. The van der Waals surface area contributed by atoms with E-state index in [2.05, 4.69) is 4.90 Å². The quantitative estimate of drug-likeness (QED) is 0.368. The van der Waals surface area contributed by atoms with Crippen LogP contribution in [0.2, 0.25) is 0 Å². The van der Waals surface area contributed by atoms with Crippen LogP contribution in [-0.4, -0.2) is 52.5 Å². The molecule has 0 unspecified atom stereocenters. The molecule has 38 heavy (non-hydrogen) atoms. The average molecular weight is 522 g/mol. The van der Waals surface area contributed by atoms with E-state index < -0.39 is 11.6 Å². The fourth-order valence-electron chi connectivity index (χ4n) is 5.63. The van der Waals surface area contributed by atoms with Crippen molar-refractivity contribution in [2.75, 3.05) is 36.8 Å². The highest BCUT2D eigenvalue weighted by atomic mass is 19.2. The van der Waals surface area contributed by atoms with Crippen molar-refractivity contribution in [3.05, 3.63) is 76.5 Å². The zero-order valence-corrected chi connectivity index (χ0v) is 21.6. The Balaban J connectivity index is 1.29. The number of nitrogen functional groups attached to an aromatic ring is 1. The minimum absolute atomic E-state index is 0.0928. The van der Waals surface area contributed by atoms with Crippen molar-refractivity contribution in [2.24, 2.45) is 13.0 Å². The summed E-state index contributed by atoms with van der Waals surface area (Å²) in [5.74, 6) is -1.58. The van der Waals surface area contributed by atoms with Crippen molar-refractivity contribution >= 4 is 23.2 Å². The number of carbonyl (C=O) groups is 2. The van der Waals surface area contributed by atoms with Gasteiger partial charge in [0.15, 0.2) is 17.4 Å². The van der Waals surface area contributed by atoms with Gasteiger partial charge in [0.05, 0.1) is 5.69 Å². The number of benzene rings is 2. The normalized spacial score (nSPS) is 16.3. The Hall–Kier alpha value is -3.59. The van der Waals surface area contributed by atoms with Gasteiger partial charge < -0.3 is 10.6 Å². The van der Waals surface area contributed by atoms with Crippen LogP contribution < -0.4 is 10.6 Å². The van der Waals surface area contributed by atoms with Crippen LogP contribution in [-0.2, 0) is 19.9 Å². The van der Waals surface area contributed by atoms with Gasteiger partial charge >= 0.3 is 0 Å². The van der Waals surface area contributed by atoms with Crippen LogP contribution in [0.15, 0.2) is 42.5 Å². The first-order chi connectivity index (χ1) is 18.3. The van der Waals surface area contributed by atoms with E-state index in [-0.39, 0.29) is 23.2 Å². The number of piperidine rings is 1. The second kappa shape index (κ2) is 11.0. The summed E-state index contributed by atoms with van der Waals surface area (Å²) in [6.45, 7) is 2.50. The third-order valence-electron chi connectivity index (χ3n) is 7.75. The zero-order valence-electron chi connectivity index (χ0n) is 21.6. The average Bonchev–Trinajstić information content (AvgIpc) is 3.26. The SMILES string of the molecule is Cn1nc2c(c1N(CCN1CCC(C(=O)c3ccc(F)c(F)c3)CC1)C(=O)c1ccc(N)cc1)CCCC2. The number of halogens is 2. The molecule has 5 rings (SSSR count). The van der Waals surface area contributed by atoms with Crippen molar-refractivity contribution in [3.8, 4) is 0 Å². The monoisotopic (exact) mass is 521 g/mol. The van der Waals surface area contributed by atoms with E-state index in [9.17, 15) is 18.4 Å². The maximum atomic E-state index is 13.7. The zero-order chi connectivity index (χ0) is 26.8. The number of aromatic nitrogens is 2. The van der Waals surface area contributed by atoms with Gasteiger partial charge in [-0.05, 0) is 94.1 Å². The molecule has 0 spiro atoms. The number of anilines is 2. The molecule has 2 N–H and O–H groups in total. The lowest BCUT2D eigenvalue weighted by Crippen LogP contribution is -2.43. The second-order valence-electron chi connectivity index (χ2n) is 10.3. The first kappa shape index (κ1) is 26.0. The molecule has 2 aromatic carbocycles. The predicted molar refractivity (Wildman–Crippen MR) is 142 cm³/mol. The number of Topliss-reactive ketones (excluding diaryl/α,β-unsaturated/α-hetero) is 1. The topological polar surface area (TPSA) is 84.5 Å². The number of rotatable bonds is 7. The number of amides is 1. The predicted octanol–water partition coefficient (Wildman–Crippen LogP) is 4.40. The molecule has 1 aliphatic carbocycles. The molecule has 2 heterocycles. The molecule has 3 aromatic rings. The van der Waals surface area contributed by atoms with E-state index in [1.165, 1.54) is 6.07 Å². The molecular weight excluding hydrogens is 488 g/mol. The highest BCUT2D eigenvalue weighted by molar-refractivity contribution is 6.06. The van der Waals surface area contributed by atoms with Gasteiger partial charge in [0, 0.05) is 48.4 Å². The van der Waals surface area contributed by atoms with Crippen LogP contribution in [0.3, 0.4) is 0 Å². The smallest absolute Gasteiger partial charge is 0.259 e. The number of ketones is 1. The molecule has 1 aliphatic heterocycles. The van der Waals surface area contributed by atoms with Gasteiger partial charge in [-0.25, -0.2) is 8.78 Å². The molecule has 0 saturated carbocycles. The maximum Gasteiger partial charge on any atom is 0.259 e. The Kier molecular flexibility index (Phi) is 7.56. The van der Waals surface area contributed by atoms with Gasteiger partial charge in [-0.15, -0.1) is 0 Å². The third kappa shape index (κ3) is 5.34.